The lowest BCUT2D eigenvalue weighted by Gasteiger charge is -2.29. The number of halogens is 2. The van der Waals surface area contributed by atoms with Crippen molar-refractivity contribution in [3.63, 3.8) is 0 Å². The molecule has 1 fully saturated rings. The normalized spacial score (nSPS) is 22.0. The Morgan fingerprint density at radius 1 is 1.10 bits per heavy atom. The van der Waals surface area contributed by atoms with Gasteiger partial charge in [-0.05, 0) is 55.2 Å². The second-order valence-corrected chi connectivity index (χ2v) is 6.18. The lowest BCUT2D eigenvalue weighted by molar-refractivity contribution is 0.302. The standard InChI is InChI=1S/C18H23F2N/c1-2-3-4-5-13-6-8-14(9-7-13)15-10-17(19)16(12-21)18(20)11-15/h10-11,13-14H,2-9H2,1H3. The average molecular weight is 291 g/mol. The summed E-state index contributed by atoms with van der Waals surface area (Å²) in [7, 11) is 0. The first-order chi connectivity index (χ1) is 10.2. The molecular weight excluding hydrogens is 268 g/mol. The second kappa shape index (κ2) is 7.54. The largest absolute Gasteiger partial charge is 0.205 e. The van der Waals surface area contributed by atoms with Crippen LogP contribution in [0.2, 0.25) is 0 Å². The molecule has 1 aromatic rings. The third kappa shape index (κ3) is 4.03. The summed E-state index contributed by atoms with van der Waals surface area (Å²) < 4.78 is 27.4. The fraction of sp³-hybridized carbons (Fsp3) is 0.611. The van der Waals surface area contributed by atoms with E-state index in [2.05, 4.69) is 6.92 Å². The molecule has 1 aliphatic rings. The van der Waals surface area contributed by atoms with Crippen LogP contribution in [-0.4, -0.2) is 0 Å². The molecule has 0 heterocycles. The second-order valence-electron chi connectivity index (χ2n) is 6.18. The molecule has 1 aliphatic carbocycles. The minimum atomic E-state index is -0.724. The Kier molecular flexibility index (Phi) is 5.73. The number of unbranched alkanes of at least 4 members (excludes halogenated alkanes) is 2. The van der Waals surface area contributed by atoms with Gasteiger partial charge in [-0.25, -0.2) is 8.78 Å². The molecule has 0 aliphatic heterocycles. The average Bonchev–Trinajstić information content (AvgIpc) is 2.48. The zero-order valence-electron chi connectivity index (χ0n) is 12.7. The van der Waals surface area contributed by atoms with Crippen LogP contribution in [0.5, 0.6) is 0 Å². The number of hydrogen-bond donors (Lipinski definition) is 0. The van der Waals surface area contributed by atoms with E-state index in [4.69, 9.17) is 5.26 Å². The molecule has 3 heteroatoms. The molecule has 0 unspecified atom stereocenters. The highest BCUT2D eigenvalue weighted by molar-refractivity contribution is 5.36. The van der Waals surface area contributed by atoms with Crippen molar-refractivity contribution < 1.29 is 8.78 Å². The van der Waals surface area contributed by atoms with E-state index in [0.29, 0.717) is 0 Å². The minimum Gasteiger partial charge on any atom is -0.205 e. The van der Waals surface area contributed by atoms with Crippen molar-refractivity contribution in [2.75, 3.05) is 0 Å². The predicted octanol–water partition coefficient (Wildman–Crippen LogP) is 5.69. The van der Waals surface area contributed by atoms with Gasteiger partial charge < -0.3 is 0 Å². The van der Waals surface area contributed by atoms with Crippen molar-refractivity contribution in [2.45, 2.75) is 64.2 Å². The van der Waals surface area contributed by atoms with Crippen molar-refractivity contribution in [2.24, 2.45) is 5.92 Å². The first kappa shape index (κ1) is 15.9. The summed E-state index contributed by atoms with van der Waals surface area (Å²) in [5.41, 5.74) is 0.253. The van der Waals surface area contributed by atoms with Crippen LogP contribution in [-0.2, 0) is 0 Å². The Bertz CT molecular complexity index is 487. The van der Waals surface area contributed by atoms with Crippen molar-refractivity contribution >= 4 is 0 Å². The Morgan fingerprint density at radius 3 is 2.24 bits per heavy atom. The van der Waals surface area contributed by atoms with E-state index in [9.17, 15) is 8.78 Å². The van der Waals surface area contributed by atoms with Crippen LogP contribution in [0.15, 0.2) is 12.1 Å². The van der Waals surface area contributed by atoms with Gasteiger partial charge in [-0.1, -0.05) is 32.6 Å². The van der Waals surface area contributed by atoms with Gasteiger partial charge in [0.05, 0.1) is 0 Å². The summed E-state index contributed by atoms with van der Waals surface area (Å²) in [6.07, 6.45) is 9.44. The van der Waals surface area contributed by atoms with Crippen LogP contribution in [0.3, 0.4) is 0 Å². The Hall–Kier alpha value is -1.43. The molecule has 1 saturated carbocycles. The lowest BCUT2D eigenvalue weighted by Crippen LogP contribution is -2.14. The Morgan fingerprint density at radius 2 is 1.71 bits per heavy atom. The van der Waals surface area contributed by atoms with Gasteiger partial charge in [0.25, 0.3) is 0 Å². The molecule has 1 aromatic carbocycles. The molecule has 0 atom stereocenters. The highest BCUT2D eigenvalue weighted by Gasteiger charge is 2.24. The fourth-order valence-electron chi connectivity index (χ4n) is 3.40. The minimum absolute atomic E-state index is 0.240. The van der Waals surface area contributed by atoms with Gasteiger partial charge in [0.15, 0.2) is 0 Å². The fourth-order valence-corrected chi connectivity index (χ4v) is 3.40. The summed E-state index contributed by atoms with van der Waals surface area (Å²) in [5, 5.41) is 8.71. The third-order valence-corrected chi connectivity index (χ3v) is 4.71. The predicted molar refractivity (Wildman–Crippen MR) is 79.9 cm³/mol. The van der Waals surface area contributed by atoms with Crippen LogP contribution in [0.4, 0.5) is 8.78 Å². The Labute approximate surface area is 126 Å². The number of rotatable bonds is 5. The summed E-state index contributed by atoms with van der Waals surface area (Å²) in [4.78, 5) is 0. The topological polar surface area (TPSA) is 23.8 Å². The van der Waals surface area contributed by atoms with Gasteiger partial charge in [-0.15, -0.1) is 0 Å². The first-order valence-corrected chi connectivity index (χ1v) is 8.04. The summed E-state index contributed by atoms with van der Waals surface area (Å²) in [6.45, 7) is 2.21. The Balaban J connectivity index is 1.95. The van der Waals surface area contributed by atoms with Crippen molar-refractivity contribution in [1.82, 2.24) is 0 Å². The van der Waals surface area contributed by atoms with Crippen LogP contribution in [0.1, 0.15) is 75.3 Å². The molecule has 0 amide bonds. The van der Waals surface area contributed by atoms with Crippen LogP contribution in [0, 0.1) is 28.9 Å². The first-order valence-electron chi connectivity index (χ1n) is 8.04. The zero-order chi connectivity index (χ0) is 15.2. The zero-order valence-corrected chi connectivity index (χ0v) is 12.7. The number of nitrogens with zero attached hydrogens (tertiary/aromatic N) is 1. The quantitative estimate of drug-likeness (QED) is 0.639. The van der Waals surface area contributed by atoms with E-state index in [0.717, 1.165) is 37.2 Å². The number of benzene rings is 1. The molecule has 0 radical (unpaired) electrons. The maximum atomic E-state index is 13.7. The van der Waals surface area contributed by atoms with E-state index in [1.165, 1.54) is 37.8 Å². The summed E-state index contributed by atoms with van der Waals surface area (Å²) in [6, 6.07) is 4.28. The third-order valence-electron chi connectivity index (χ3n) is 4.71. The van der Waals surface area contributed by atoms with Crippen molar-refractivity contribution in [3.8, 4) is 6.07 Å². The van der Waals surface area contributed by atoms with E-state index < -0.39 is 17.2 Å². The van der Waals surface area contributed by atoms with Crippen LogP contribution < -0.4 is 0 Å². The monoisotopic (exact) mass is 291 g/mol. The van der Waals surface area contributed by atoms with Gasteiger partial charge in [0.2, 0.25) is 0 Å². The molecule has 0 spiro atoms. The van der Waals surface area contributed by atoms with Gasteiger partial charge in [0.1, 0.15) is 23.3 Å². The molecule has 2 rings (SSSR count). The van der Waals surface area contributed by atoms with Crippen molar-refractivity contribution in [1.29, 1.82) is 5.26 Å². The smallest absolute Gasteiger partial charge is 0.144 e. The molecule has 0 aromatic heterocycles. The molecule has 0 N–H and O–H groups in total. The maximum Gasteiger partial charge on any atom is 0.144 e. The summed E-state index contributed by atoms with van der Waals surface area (Å²) in [5.74, 6) is -0.430. The van der Waals surface area contributed by atoms with Gasteiger partial charge in [-0.3, -0.25) is 0 Å². The summed E-state index contributed by atoms with van der Waals surface area (Å²) >= 11 is 0. The number of nitriles is 1. The van der Waals surface area contributed by atoms with E-state index in [1.807, 2.05) is 0 Å². The van der Waals surface area contributed by atoms with E-state index in [-0.39, 0.29) is 5.92 Å². The lowest BCUT2D eigenvalue weighted by atomic mass is 9.77. The maximum absolute atomic E-state index is 13.7. The van der Waals surface area contributed by atoms with Gasteiger partial charge >= 0.3 is 0 Å². The SMILES string of the molecule is CCCCCC1CCC(c2cc(F)c(C#N)c(F)c2)CC1. The van der Waals surface area contributed by atoms with Gasteiger partial charge in [0, 0.05) is 0 Å². The molecule has 0 bridgehead atoms. The van der Waals surface area contributed by atoms with Gasteiger partial charge in [-0.2, -0.15) is 5.26 Å². The van der Waals surface area contributed by atoms with E-state index in [1.54, 1.807) is 6.07 Å². The molecular formula is C18H23F2N. The van der Waals surface area contributed by atoms with Crippen LogP contribution in [0.25, 0.3) is 0 Å². The number of hydrogen-bond acceptors (Lipinski definition) is 1. The highest BCUT2D eigenvalue weighted by atomic mass is 19.1. The van der Waals surface area contributed by atoms with E-state index >= 15 is 0 Å². The van der Waals surface area contributed by atoms with Crippen molar-refractivity contribution in [3.05, 3.63) is 34.9 Å². The molecule has 1 nitrogen and oxygen atoms in total. The molecule has 21 heavy (non-hydrogen) atoms. The van der Waals surface area contributed by atoms with Crippen LogP contribution >= 0.6 is 0 Å². The molecule has 114 valence electrons. The highest BCUT2D eigenvalue weighted by Crippen LogP contribution is 2.38. The molecule has 0 saturated heterocycles.